The third kappa shape index (κ3) is 4.24. The molecule has 1 atom stereocenters. The van der Waals surface area contributed by atoms with Gasteiger partial charge < -0.3 is 10.2 Å². The van der Waals surface area contributed by atoms with E-state index >= 15 is 0 Å². The van der Waals surface area contributed by atoms with Crippen LogP contribution in [0.5, 0.6) is 0 Å². The van der Waals surface area contributed by atoms with Crippen LogP contribution in [0.3, 0.4) is 0 Å². The van der Waals surface area contributed by atoms with E-state index in [9.17, 15) is 0 Å². The molecular formula is C20H27ClN4. The SMILES string of the molecule is CC[C@H](C)Nc1nc(C(C)C)cc(N2CCc3cc(Cl)ccc3C2)n1. The van der Waals surface area contributed by atoms with Gasteiger partial charge in [0, 0.05) is 30.2 Å². The summed E-state index contributed by atoms with van der Waals surface area (Å²) in [7, 11) is 0. The molecule has 0 amide bonds. The minimum absolute atomic E-state index is 0.361. The third-order valence-electron chi connectivity index (χ3n) is 4.82. The Bertz CT molecular complexity index is 744. The Balaban J connectivity index is 1.89. The Labute approximate surface area is 155 Å². The molecule has 1 aliphatic rings. The maximum absolute atomic E-state index is 6.13. The molecule has 1 N–H and O–H groups in total. The minimum atomic E-state index is 0.361. The van der Waals surface area contributed by atoms with Crippen molar-refractivity contribution in [1.29, 1.82) is 0 Å². The second-order valence-corrected chi connectivity index (χ2v) is 7.60. The van der Waals surface area contributed by atoms with Gasteiger partial charge in [-0.3, -0.25) is 0 Å². The standard InChI is InChI=1S/C20H27ClN4/c1-5-14(4)22-20-23-18(13(2)3)11-19(24-20)25-9-8-15-10-17(21)7-6-16(15)12-25/h6-7,10-11,13-14H,5,8-9,12H2,1-4H3,(H,22,23,24)/t14-/m0/s1. The Kier molecular flexibility index (Phi) is 5.48. The number of nitrogens with zero attached hydrogens (tertiary/aromatic N) is 3. The summed E-state index contributed by atoms with van der Waals surface area (Å²) in [6.45, 7) is 10.5. The van der Waals surface area contributed by atoms with Crippen molar-refractivity contribution in [2.75, 3.05) is 16.8 Å². The van der Waals surface area contributed by atoms with E-state index in [1.807, 2.05) is 6.07 Å². The molecule has 0 aliphatic carbocycles. The van der Waals surface area contributed by atoms with Crippen LogP contribution in [0.4, 0.5) is 11.8 Å². The van der Waals surface area contributed by atoms with E-state index < -0.39 is 0 Å². The maximum atomic E-state index is 6.13. The highest BCUT2D eigenvalue weighted by Crippen LogP contribution is 2.28. The number of aromatic nitrogens is 2. The second kappa shape index (κ2) is 7.61. The van der Waals surface area contributed by atoms with Crippen molar-refractivity contribution < 1.29 is 0 Å². The van der Waals surface area contributed by atoms with E-state index in [1.54, 1.807) is 0 Å². The Morgan fingerprint density at radius 3 is 2.68 bits per heavy atom. The first-order chi connectivity index (χ1) is 12.0. The normalized spacial score (nSPS) is 15.2. The van der Waals surface area contributed by atoms with Crippen LogP contribution >= 0.6 is 11.6 Å². The summed E-state index contributed by atoms with van der Waals surface area (Å²) >= 11 is 6.13. The smallest absolute Gasteiger partial charge is 0.225 e. The lowest BCUT2D eigenvalue weighted by molar-refractivity contribution is 0.707. The lowest BCUT2D eigenvalue weighted by Crippen LogP contribution is -2.31. The van der Waals surface area contributed by atoms with Gasteiger partial charge in [-0.2, -0.15) is 4.98 Å². The average Bonchev–Trinajstić information content (AvgIpc) is 2.60. The van der Waals surface area contributed by atoms with Gasteiger partial charge >= 0.3 is 0 Å². The summed E-state index contributed by atoms with van der Waals surface area (Å²) in [5, 5.41) is 4.24. The molecule has 0 radical (unpaired) electrons. The van der Waals surface area contributed by atoms with Crippen molar-refractivity contribution in [3.05, 3.63) is 46.1 Å². The molecule has 3 rings (SSSR count). The van der Waals surface area contributed by atoms with Crippen LogP contribution in [0.2, 0.25) is 5.02 Å². The summed E-state index contributed by atoms with van der Waals surface area (Å²) in [5.74, 6) is 2.11. The van der Waals surface area contributed by atoms with E-state index in [2.05, 4.69) is 56.1 Å². The van der Waals surface area contributed by atoms with Crippen LogP contribution in [0, 0.1) is 0 Å². The van der Waals surface area contributed by atoms with Crippen molar-refractivity contribution >= 4 is 23.4 Å². The molecule has 1 aromatic carbocycles. The van der Waals surface area contributed by atoms with E-state index in [4.69, 9.17) is 21.6 Å². The van der Waals surface area contributed by atoms with Gasteiger partial charge in [0.2, 0.25) is 5.95 Å². The van der Waals surface area contributed by atoms with Crippen LogP contribution in [0.25, 0.3) is 0 Å². The molecule has 0 saturated carbocycles. The third-order valence-corrected chi connectivity index (χ3v) is 5.05. The van der Waals surface area contributed by atoms with Gasteiger partial charge in [0.25, 0.3) is 0 Å². The first kappa shape index (κ1) is 18.0. The van der Waals surface area contributed by atoms with E-state index in [1.165, 1.54) is 11.1 Å². The molecule has 134 valence electrons. The first-order valence-electron chi connectivity index (χ1n) is 9.14. The molecule has 25 heavy (non-hydrogen) atoms. The monoisotopic (exact) mass is 358 g/mol. The van der Waals surface area contributed by atoms with Crippen LogP contribution in [0.1, 0.15) is 56.9 Å². The van der Waals surface area contributed by atoms with Crippen LogP contribution in [-0.2, 0) is 13.0 Å². The van der Waals surface area contributed by atoms with E-state index in [0.717, 1.165) is 48.4 Å². The molecule has 1 aromatic heterocycles. The van der Waals surface area contributed by atoms with E-state index in [0.29, 0.717) is 12.0 Å². The summed E-state index contributed by atoms with van der Waals surface area (Å²) < 4.78 is 0. The topological polar surface area (TPSA) is 41.1 Å². The van der Waals surface area contributed by atoms with Gasteiger partial charge in [0.05, 0.1) is 5.69 Å². The van der Waals surface area contributed by atoms with Crippen molar-refractivity contribution in [3.8, 4) is 0 Å². The summed E-state index contributed by atoms with van der Waals surface area (Å²) in [5.41, 5.74) is 3.76. The second-order valence-electron chi connectivity index (χ2n) is 7.17. The van der Waals surface area contributed by atoms with Crippen molar-refractivity contribution in [3.63, 3.8) is 0 Å². The predicted molar refractivity (Wildman–Crippen MR) is 106 cm³/mol. The average molecular weight is 359 g/mol. The predicted octanol–water partition coefficient (Wildman–Crippen LogP) is 5.03. The molecule has 2 aromatic rings. The first-order valence-corrected chi connectivity index (χ1v) is 9.51. The molecule has 0 fully saturated rings. The number of hydrogen-bond donors (Lipinski definition) is 1. The number of hydrogen-bond acceptors (Lipinski definition) is 4. The number of benzene rings is 1. The number of fused-ring (bicyclic) bond motifs is 1. The molecule has 2 heterocycles. The Morgan fingerprint density at radius 1 is 1.16 bits per heavy atom. The fourth-order valence-corrected chi connectivity index (χ4v) is 3.21. The van der Waals surface area contributed by atoms with Gasteiger partial charge in [-0.15, -0.1) is 0 Å². The highest BCUT2D eigenvalue weighted by molar-refractivity contribution is 6.30. The van der Waals surface area contributed by atoms with Gasteiger partial charge in [-0.1, -0.05) is 38.4 Å². The molecule has 4 nitrogen and oxygen atoms in total. The summed E-state index contributed by atoms with van der Waals surface area (Å²) in [4.78, 5) is 11.8. The van der Waals surface area contributed by atoms with Crippen molar-refractivity contribution in [2.45, 2.75) is 59.0 Å². The minimum Gasteiger partial charge on any atom is -0.352 e. The molecule has 0 spiro atoms. The fourth-order valence-electron chi connectivity index (χ4n) is 3.01. The lowest BCUT2D eigenvalue weighted by Gasteiger charge is -2.30. The molecule has 0 saturated heterocycles. The largest absolute Gasteiger partial charge is 0.352 e. The zero-order chi connectivity index (χ0) is 18.0. The molecule has 0 bridgehead atoms. The fraction of sp³-hybridized carbons (Fsp3) is 0.500. The van der Waals surface area contributed by atoms with Crippen LogP contribution in [-0.4, -0.2) is 22.6 Å². The number of halogens is 1. The highest BCUT2D eigenvalue weighted by Gasteiger charge is 2.20. The van der Waals surface area contributed by atoms with Crippen molar-refractivity contribution in [1.82, 2.24) is 9.97 Å². The quantitative estimate of drug-likeness (QED) is 0.814. The van der Waals surface area contributed by atoms with Crippen LogP contribution in [0.15, 0.2) is 24.3 Å². The summed E-state index contributed by atoms with van der Waals surface area (Å²) in [6, 6.07) is 8.68. The number of anilines is 2. The van der Waals surface area contributed by atoms with Gasteiger partial charge in [0.15, 0.2) is 0 Å². The molecular weight excluding hydrogens is 332 g/mol. The van der Waals surface area contributed by atoms with E-state index in [-0.39, 0.29) is 0 Å². The molecule has 0 unspecified atom stereocenters. The van der Waals surface area contributed by atoms with Gasteiger partial charge in [-0.25, -0.2) is 4.98 Å². The maximum Gasteiger partial charge on any atom is 0.225 e. The number of rotatable bonds is 5. The zero-order valence-corrected chi connectivity index (χ0v) is 16.3. The highest BCUT2D eigenvalue weighted by atomic mass is 35.5. The Hall–Kier alpha value is -1.81. The number of nitrogens with one attached hydrogen (secondary N) is 1. The lowest BCUT2D eigenvalue weighted by atomic mass is 10.00. The zero-order valence-electron chi connectivity index (χ0n) is 15.5. The Morgan fingerprint density at radius 2 is 1.96 bits per heavy atom. The summed E-state index contributed by atoms with van der Waals surface area (Å²) in [6.07, 6.45) is 2.04. The van der Waals surface area contributed by atoms with Crippen molar-refractivity contribution in [2.24, 2.45) is 0 Å². The van der Waals surface area contributed by atoms with Gasteiger partial charge in [-0.05, 0) is 48.9 Å². The van der Waals surface area contributed by atoms with Gasteiger partial charge in [0.1, 0.15) is 5.82 Å². The molecule has 5 heteroatoms. The van der Waals surface area contributed by atoms with Crippen LogP contribution < -0.4 is 10.2 Å². The molecule has 1 aliphatic heterocycles.